The van der Waals surface area contributed by atoms with E-state index in [1.807, 2.05) is 13.0 Å². The number of hydrogen-bond acceptors (Lipinski definition) is 5. The molecule has 0 spiro atoms. The molecule has 0 fully saturated rings. The van der Waals surface area contributed by atoms with E-state index < -0.39 is 0 Å². The average molecular weight is 212 g/mol. The van der Waals surface area contributed by atoms with Gasteiger partial charge in [-0.15, -0.1) is 0 Å². The van der Waals surface area contributed by atoms with Crippen LogP contribution in [0.15, 0.2) is 17.4 Å². The number of aromatic nitrogens is 2. The zero-order valence-corrected chi connectivity index (χ0v) is 9.00. The van der Waals surface area contributed by atoms with E-state index in [1.54, 1.807) is 6.92 Å². The molecule has 0 saturated heterocycles. The van der Waals surface area contributed by atoms with E-state index in [0.717, 1.165) is 10.7 Å². The molecule has 1 heterocycles. The molecule has 14 heavy (non-hydrogen) atoms. The highest BCUT2D eigenvalue weighted by molar-refractivity contribution is 7.99. The van der Waals surface area contributed by atoms with Gasteiger partial charge in [-0.2, -0.15) is 0 Å². The zero-order chi connectivity index (χ0) is 10.4. The second kappa shape index (κ2) is 5.59. The Bertz CT molecular complexity index is 317. The molecular formula is C9H12N2O2S. The Morgan fingerprint density at radius 3 is 3.00 bits per heavy atom. The molecule has 0 aromatic carbocycles. The number of thioether (sulfide) groups is 1. The highest BCUT2D eigenvalue weighted by Crippen LogP contribution is 2.14. The highest BCUT2D eigenvalue weighted by atomic mass is 32.2. The number of ether oxygens (including phenoxy) is 1. The first-order chi connectivity index (χ1) is 6.72. The third kappa shape index (κ3) is 3.74. The number of hydrogen-bond donors (Lipinski definition) is 0. The van der Waals surface area contributed by atoms with Gasteiger partial charge >= 0.3 is 5.97 Å². The van der Waals surface area contributed by atoms with Crippen LogP contribution in [0.5, 0.6) is 0 Å². The van der Waals surface area contributed by atoms with Gasteiger partial charge in [-0.1, -0.05) is 11.8 Å². The van der Waals surface area contributed by atoms with Crippen LogP contribution >= 0.6 is 11.8 Å². The maximum absolute atomic E-state index is 11.0. The fourth-order valence-corrected chi connectivity index (χ4v) is 1.57. The lowest BCUT2D eigenvalue weighted by Gasteiger charge is -2.01. The second-order valence-corrected chi connectivity index (χ2v) is 3.59. The highest BCUT2D eigenvalue weighted by Gasteiger charge is 2.03. The third-order valence-corrected chi connectivity index (χ3v) is 2.32. The normalized spacial score (nSPS) is 9.86. The Hall–Kier alpha value is -1.10. The van der Waals surface area contributed by atoms with Gasteiger partial charge < -0.3 is 4.74 Å². The third-order valence-electron chi connectivity index (χ3n) is 1.42. The Morgan fingerprint density at radius 2 is 2.36 bits per heavy atom. The Labute approximate surface area is 87.1 Å². The summed E-state index contributed by atoms with van der Waals surface area (Å²) in [4.78, 5) is 19.0. The van der Waals surface area contributed by atoms with E-state index in [1.165, 1.54) is 18.1 Å². The van der Waals surface area contributed by atoms with Crippen LogP contribution in [-0.4, -0.2) is 28.3 Å². The average Bonchev–Trinajstić information content (AvgIpc) is 2.15. The summed E-state index contributed by atoms with van der Waals surface area (Å²) in [5.41, 5.74) is 0.895. The quantitative estimate of drug-likeness (QED) is 0.429. The largest absolute Gasteiger partial charge is 0.465 e. The summed E-state index contributed by atoms with van der Waals surface area (Å²) in [6.45, 7) is 4.09. The molecule has 0 N–H and O–H groups in total. The smallest absolute Gasteiger partial charge is 0.316 e. The standard InChI is InChI=1S/C9H12N2O2S/c1-3-13-9(12)5-14-8-4-7(2)10-6-11-8/h4,6H,3,5H2,1-2H3. The van der Waals surface area contributed by atoms with Crippen LogP contribution in [0, 0.1) is 6.92 Å². The molecular weight excluding hydrogens is 200 g/mol. The summed E-state index contributed by atoms with van der Waals surface area (Å²) < 4.78 is 4.79. The van der Waals surface area contributed by atoms with Crippen molar-refractivity contribution < 1.29 is 9.53 Å². The lowest BCUT2D eigenvalue weighted by molar-refractivity contribution is -0.139. The molecule has 0 atom stereocenters. The van der Waals surface area contributed by atoms with Crippen molar-refractivity contribution in [3.8, 4) is 0 Å². The van der Waals surface area contributed by atoms with E-state index in [2.05, 4.69) is 9.97 Å². The van der Waals surface area contributed by atoms with E-state index in [0.29, 0.717) is 12.4 Å². The van der Waals surface area contributed by atoms with Gasteiger partial charge in [0.05, 0.1) is 12.4 Å². The predicted molar refractivity (Wildman–Crippen MR) is 54.1 cm³/mol. The molecule has 1 aromatic rings. The minimum Gasteiger partial charge on any atom is -0.465 e. The topological polar surface area (TPSA) is 52.1 Å². The van der Waals surface area contributed by atoms with Gasteiger partial charge in [-0.25, -0.2) is 9.97 Å². The van der Waals surface area contributed by atoms with Crippen molar-refractivity contribution in [3.05, 3.63) is 18.1 Å². The maximum atomic E-state index is 11.0. The zero-order valence-electron chi connectivity index (χ0n) is 8.19. The minimum atomic E-state index is -0.214. The molecule has 1 aromatic heterocycles. The minimum absolute atomic E-state index is 0.214. The fraction of sp³-hybridized carbons (Fsp3) is 0.444. The Kier molecular flexibility index (Phi) is 4.39. The summed E-state index contributed by atoms with van der Waals surface area (Å²) in [5, 5.41) is 0.797. The van der Waals surface area contributed by atoms with Crippen LogP contribution in [0.4, 0.5) is 0 Å². The monoisotopic (exact) mass is 212 g/mol. The van der Waals surface area contributed by atoms with Crippen molar-refractivity contribution in [1.82, 2.24) is 9.97 Å². The second-order valence-electron chi connectivity index (χ2n) is 2.59. The lowest BCUT2D eigenvalue weighted by Crippen LogP contribution is -2.06. The molecule has 0 bridgehead atoms. The van der Waals surface area contributed by atoms with Gasteiger partial charge in [0.1, 0.15) is 11.4 Å². The van der Waals surface area contributed by atoms with Crippen molar-refractivity contribution >= 4 is 17.7 Å². The number of carbonyl (C=O) groups is 1. The van der Waals surface area contributed by atoms with Crippen LogP contribution in [0.1, 0.15) is 12.6 Å². The van der Waals surface area contributed by atoms with Crippen molar-refractivity contribution in [2.45, 2.75) is 18.9 Å². The van der Waals surface area contributed by atoms with Gasteiger partial charge in [-0.3, -0.25) is 4.79 Å². The summed E-state index contributed by atoms with van der Waals surface area (Å²) in [7, 11) is 0. The van der Waals surface area contributed by atoms with Crippen molar-refractivity contribution in [2.24, 2.45) is 0 Å². The van der Waals surface area contributed by atoms with Gasteiger partial charge in [0, 0.05) is 5.69 Å². The number of nitrogens with zero attached hydrogens (tertiary/aromatic N) is 2. The van der Waals surface area contributed by atoms with Crippen molar-refractivity contribution in [3.63, 3.8) is 0 Å². The SMILES string of the molecule is CCOC(=O)CSc1cc(C)ncn1. The first-order valence-corrected chi connectivity index (χ1v) is 5.28. The number of rotatable bonds is 4. The summed E-state index contributed by atoms with van der Waals surface area (Å²) >= 11 is 1.36. The van der Waals surface area contributed by atoms with Crippen LogP contribution in [0.3, 0.4) is 0 Å². The molecule has 0 radical (unpaired) electrons. The number of esters is 1. The van der Waals surface area contributed by atoms with Gasteiger partial charge in [0.25, 0.3) is 0 Å². The Balaban J connectivity index is 2.41. The molecule has 5 heteroatoms. The van der Waals surface area contributed by atoms with Gasteiger partial charge in [0.2, 0.25) is 0 Å². The van der Waals surface area contributed by atoms with Crippen molar-refractivity contribution in [2.75, 3.05) is 12.4 Å². The van der Waals surface area contributed by atoms with E-state index >= 15 is 0 Å². The number of aryl methyl sites for hydroxylation is 1. The van der Waals surface area contributed by atoms with E-state index in [4.69, 9.17) is 4.74 Å². The molecule has 4 nitrogen and oxygen atoms in total. The Morgan fingerprint density at radius 1 is 1.57 bits per heavy atom. The van der Waals surface area contributed by atoms with E-state index in [-0.39, 0.29) is 5.97 Å². The van der Waals surface area contributed by atoms with Crippen LogP contribution < -0.4 is 0 Å². The molecule has 0 unspecified atom stereocenters. The first kappa shape index (κ1) is 11.0. The molecule has 0 aliphatic rings. The molecule has 0 saturated carbocycles. The molecule has 76 valence electrons. The van der Waals surface area contributed by atoms with Gasteiger partial charge in [-0.05, 0) is 19.9 Å². The van der Waals surface area contributed by atoms with Crippen LogP contribution in [0.25, 0.3) is 0 Å². The maximum Gasteiger partial charge on any atom is 0.316 e. The van der Waals surface area contributed by atoms with E-state index in [9.17, 15) is 4.79 Å². The summed E-state index contributed by atoms with van der Waals surface area (Å²) in [6.07, 6.45) is 1.49. The summed E-state index contributed by atoms with van der Waals surface area (Å²) in [6, 6.07) is 1.84. The summed E-state index contributed by atoms with van der Waals surface area (Å²) in [5.74, 6) is 0.0818. The van der Waals surface area contributed by atoms with Crippen LogP contribution in [0.2, 0.25) is 0 Å². The van der Waals surface area contributed by atoms with Gasteiger partial charge in [0.15, 0.2) is 0 Å². The predicted octanol–water partition coefficient (Wildman–Crippen LogP) is 1.44. The molecule has 0 amide bonds. The fourth-order valence-electron chi connectivity index (χ4n) is 0.845. The molecule has 0 aliphatic carbocycles. The lowest BCUT2D eigenvalue weighted by atomic mass is 10.5. The molecule has 1 rings (SSSR count). The number of carbonyl (C=O) groups excluding carboxylic acids is 1. The molecule has 0 aliphatic heterocycles. The van der Waals surface area contributed by atoms with Crippen LogP contribution in [-0.2, 0) is 9.53 Å². The first-order valence-electron chi connectivity index (χ1n) is 4.29. The van der Waals surface area contributed by atoms with Crippen molar-refractivity contribution in [1.29, 1.82) is 0 Å².